The van der Waals surface area contributed by atoms with Crippen molar-refractivity contribution in [2.24, 2.45) is 0 Å². The number of hydrogen-bond acceptors (Lipinski definition) is 2. The van der Waals surface area contributed by atoms with Crippen LogP contribution in [0, 0.1) is 17.1 Å². The Morgan fingerprint density at radius 3 is 2.26 bits per heavy atom. The summed E-state index contributed by atoms with van der Waals surface area (Å²) < 4.78 is 19.0. The van der Waals surface area contributed by atoms with Crippen molar-refractivity contribution in [1.29, 1.82) is 5.26 Å². The van der Waals surface area contributed by atoms with Gasteiger partial charge in [0.05, 0.1) is 5.56 Å². The Balaban J connectivity index is 1.69. The molecule has 3 rings (SSSR count). The molecule has 3 heteroatoms. The van der Waals surface area contributed by atoms with Crippen LogP contribution in [-0.2, 0) is 6.61 Å². The molecule has 0 fully saturated rings. The number of halogens is 1. The number of rotatable bonds is 4. The van der Waals surface area contributed by atoms with Gasteiger partial charge in [-0.15, -0.1) is 0 Å². The van der Waals surface area contributed by atoms with Crippen LogP contribution in [0.25, 0.3) is 11.1 Å². The van der Waals surface area contributed by atoms with Crippen LogP contribution in [0.3, 0.4) is 0 Å². The lowest BCUT2D eigenvalue weighted by atomic mass is 10.1. The van der Waals surface area contributed by atoms with E-state index in [0.717, 1.165) is 22.4 Å². The molecule has 2 nitrogen and oxygen atoms in total. The second-order valence-corrected chi connectivity index (χ2v) is 5.11. The van der Waals surface area contributed by atoms with Crippen LogP contribution in [0.15, 0.2) is 72.8 Å². The van der Waals surface area contributed by atoms with Crippen LogP contribution >= 0.6 is 0 Å². The molecule has 0 heterocycles. The van der Waals surface area contributed by atoms with Gasteiger partial charge in [0.2, 0.25) is 0 Å². The largest absolute Gasteiger partial charge is 0.489 e. The van der Waals surface area contributed by atoms with Crippen LogP contribution < -0.4 is 4.74 Å². The fourth-order valence-electron chi connectivity index (χ4n) is 2.29. The van der Waals surface area contributed by atoms with E-state index in [1.165, 1.54) is 12.1 Å². The molecule has 0 aliphatic heterocycles. The molecule has 0 aliphatic rings. The molecule has 3 aromatic rings. The fraction of sp³-hybridized carbons (Fsp3) is 0.0500. The lowest BCUT2D eigenvalue weighted by Crippen LogP contribution is -1.97. The molecule has 0 aromatic heterocycles. The summed E-state index contributed by atoms with van der Waals surface area (Å²) in [5, 5.41) is 8.84. The maximum Gasteiger partial charge on any atom is 0.140 e. The van der Waals surface area contributed by atoms with Crippen molar-refractivity contribution < 1.29 is 9.13 Å². The van der Waals surface area contributed by atoms with Crippen molar-refractivity contribution in [3.05, 3.63) is 89.7 Å². The quantitative estimate of drug-likeness (QED) is 0.683. The van der Waals surface area contributed by atoms with Gasteiger partial charge in [0, 0.05) is 0 Å². The predicted molar refractivity (Wildman–Crippen MR) is 87.3 cm³/mol. The lowest BCUT2D eigenvalue weighted by molar-refractivity contribution is 0.306. The van der Waals surface area contributed by atoms with Crippen LogP contribution in [0.5, 0.6) is 5.75 Å². The maximum absolute atomic E-state index is 13.3. The molecule has 0 bridgehead atoms. The second kappa shape index (κ2) is 6.76. The second-order valence-electron chi connectivity index (χ2n) is 5.11. The number of nitriles is 1. The Morgan fingerprint density at radius 1 is 0.870 bits per heavy atom. The van der Waals surface area contributed by atoms with Crippen molar-refractivity contribution in [3.8, 4) is 22.9 Å². The Morgan fingerprint density at radius 2 is 1.57 bits per heavy atom. The highest BCUT2D eigenvalue weighted by atomic mass is 19.1. The molecule has 0 aliphatic carbocycles. The minimum Gasteiger partial charge on any atom is -0.489 e. The van der Waals surface area contributed by atoms with Gasteiger partial charge in [0.15, 0.2) is 0 Å². The van der Waals surface area contributed by atoms with E-state index in [-0.39, 0.29) is 5.56 Å². The molecule has 23 heavy (non-hydrogen) atoms. The molecule has 0 saturated heterocycles. The van der Waals surface area contributed by atoms with Gasteiger partial charge in [-0.2, -0.15) is 5.26 Å². The fourth-order valence-corrected chi connectivity index (χ4v) is 2.29. The monoisotopic (exact) mass is 303 g/mol. The van der Waals surface area contributed by atoms with E-state index in [1.807, 2.05) is 48.5 Å². The van der Waals surface area contributed by atoms with Gasteiger partial charge < -0.3 is 4.74 Å². The molecule has 0 radical (unpaired) electrons. The van der Waals surface area contributed by atoms with Crippen LogP contribution in [0.1, 0.15) is 11.1 Å². The van der Waals surface area contributed by atoms with Gasteiger partial charge in [-0.05, 0) is 41.0 Å². The average molecular weight is 303 g/mol. The van der Waals surface area contributed by atoms with E-state index in [1.54, 1.807) is 6.07 Å². The molecular formula is C20H14FNO. The van der Waals surface area contributed by atoms with Crippen LogP contribution in [0.4, 0.5) is 4.39 Å². The molecular weight excluding hydrogens is 289 g/mol. The van der Waals surface area contributed by atoms with Gasteiger partial charge in [-0.25, -0.2) is 4.39 Å². The maximum atomic E-state index is 13.3. The summed E-state index contributed by atoms with van der Waals surface area (Å²) in [4.78, 5) is 0. The zero-order valence-electron chi connectivity index (χ0n) is 12.4. The summed E-state index contributed by atoms with van der Waals surface area (Å²) >= 11 is 0. The number of hydrogen-bond donors (Lipinski definition) is 0. The van der Waals surface area contributed by atoms with Gasteiger partial charge in [0.1, 0.15) is 24.2 Å². The van der Waals surface area contributed by atoms with E-state index in [4.69, 9.17) is 10.00 Å². The van der Waals surface area contributed by atoms with E-state index in [0.29, 0.717) is 6.61 Å². The first kappa shape index (κ1) is 14.8. The van der Waals surface area contributed by atoms with Crippen molar-refractivity contribution in [3.63, 3.8) is 0 Å². The first-order valence-corrected chi connectivity index (χ1v) is 7.23. The first-order chi connectivity index (χ1) is 11.3. The highest BCUT2D eigenvalue weighted by Gasteiger charge is 2.04. The molecule has 0 saturated carbocycles. The van der Waals surface area contributed by atoms with Crippen LogP contribution in [-0.4, -0.2) is 0 Å². The summed E-state index contributed by atoms with van der Waals surface area (Å²) in [7, 11) is 0. The van der Waals surface area contributed by atoms with Gasteiger partial charge in [-0.3, -0.25) is 0 Å². The third kappa shape index (κ3) is 3.56. The van der Waals surface area contributed by atoms with E-state index >= 15 is 0 Å². The van der Waals surface area contributed by atoms with Crippen molar-refractivity contribution in [2.75, 3.05) is 0 Å². The smallest absolute Gasteiger partial charge is 0.140 e. The number of benzene rings is 3. The third-order valence-electron chi connectivity index (χ3n) is 3.52. The Labute approximate surface area is 134 Å². The highest BCUT2D eigenvalue weighted by molar-refractivity contribution is 5.63. The molecule has 0 amide bonds. The molecule has 3 aromatic carbocycles. The summed E-state index contributed by atoms with van der Waals surface area (Å²) in [6, 6.07) is 24.1. The lowest BCUT2D eigenvalue weighted by Gasteiger charge is -2.08. The highest BCUT2D eigenvalue weighted by Crippen LogP contribution is 2.22. The van der Waals surface area contributed by atoms with E-state index < -0.39 is 5.82 Å². The van der Waals surface area contributed by atoms with Crippen LogP contribution in [0.2, 0.25) is 0 Å². The SMILES string of the molecule is N#Cc1cc(COc2ccc(-c3ccccc3)cc2)ccc1F. The number of ether oxygens (including phenoxy) is 1. The molecule has 0 unspecified atom stereocenters. The molecule has 0 atom stereocenters. The van der Waals surface area contributed by atoms with Gasteiger partial charge in [-0.1, -0.05) is 48.5 Å². The molecule has 112 valence electrons. The van der Waals surface area contributed by atoms with Gasteiger partial charge in [0.25, 0.3) is 0 Å². The number of nitrogens with zero attached hydrogens (tertiary/aromatic N) is 1. The Hall–Kier alpha value is -3.12. The summed E-state index contributed by atoms with van der Waals surface area (Å²) in [5.74, 6) is 0.218. The third-order valence-corrected chi connectivity index (χ3v) is 3.52. The summed E-state index contributed by atoms with van der Waals surface area (Å²) in [6.07, 6.45) is 0. The Bertz CT molecular complexity index is 836. The summed E-state index contributed by atoms with van der Waals surface area (Å²) in [5.41, 5.74) is 3.06. The Kier molecular flexibility index (Phi) is 4.35. The molecule has 0 spiro atoms. The van der Waals surface area contributed by atoms with Crippen molar-refractivity contribution >= 4 is 0 Å². The normalized spacial score (nSPS) is 10.1. The zero-order chi connectivity index (χ0) is 16.1. The first-order valence-electron chi connectivity index (χ1n) is 7.23. The average Bonchev–Trinajstić information content (AvgIpc) is 2.62. The van der Waals surface area contributed by atoms with Crippen molar-refractivity contribution in [2.45, 2.75) is 6.61 Å². The molecule has 0 N–H and O–H groups in total. The predicted octanol–water partition coefficient (Wildman–Crippen LogP) is 4.94. The zero-order valence-corrected chi connectivity index (χ0v) is 12.4. The summed E-state index contributed by atoms with van der Waals surface area (Å²) in [6.45, 7) is 0.291. The minimum absolute atomic E-state index is 0.0329. The van der Waals surface area contributed by atoms with Crippen molar-refractivity contribution in [1.82, 2.24) is 0 Å². The standard InChI is InChI=1S/C20H14FNO/c21-20-11-6-15(12-18(20)13-22)14-23-19-9-7-17(8-10-19)16-4-2-1-3-5-16/h1-12H,14H2. The minimum atomic E-state index is -0.511. The van der Waals surface area contributed by atoms with E-state index in [2.05, 4.69) is 12.1 Å². The van der Waals surface area contributed by atoms with Gasteiger partial charge >= 0.3 is 0 Å². The topological polar surface area (TPSA) is 33.0 Å². The van der Waals surface area contributed by atoms with E-state index in [9.17, 15) is 4.39 Å².